The molecule has 1 fully saturated rings. The van der Waals surface area contributed by atoms with E-state index in [9.17, 15) is 4.79 Å². The van der Waals surface area contributed by atoms with Crippen molar-refractivity contribution in [3.05, 3.63) is 28.0 Å². The molecule has 0 amide bonds. The fourth-order valence-electron chi connectivity index (χ4n) is 2.20. The van der Waals surface area contributed by atoms with Crippen LogP contribution in [-0.2, 0) is 7.05 Å². The maximum atomic E-state index is 12.0. The average molecular weight is 274 g/mol. The van der Waals surface area contributed by atoms with Gasteiger partial charge in [0, 0.05) is 31.8 Å². The van der Waals surface area contributed by atoms with Crippen LogP contribution in [0.2, 0.25) is 19.6 Å². The summed E-state index contributed by atoms with van der Waals surface area (Å²) in [5.41, 5.74) is 4.21. The SMILES string of the molecule is Cn1c(N2CCCC2)cc(C#C[Si](C)(C)C)cc1=O. The second-order valence-corrected chi connectivity index (χ2v) is 10.9. The molecule has 0 aromatic carbocycles. The Hall–Kier alpha value is -1.47. The van der Waals surface area contributed by atoms with Crippen molar-refractivity contribution in [2.75, 3.05) is 18.0 Å². The fraction of sp³-hybridized carbons (Fsp3) is 0.533. The molecule has 0 bridgehead atoms. The van der Waals surface area contributed by atoms with Crippen molar-refractivity contribution >= 4 is 13.9 Å². The van der Waals surface area contributed by atoms with Gasteiger partial charge in [0.25, 0.3) is 5.56 Å². The largest absolute Gasteiger partial charge is 0.358 e. The molecule has 1 aliphatic heterocycles. The molecule has 1 saturated heterocycles. The molecule has 0 unspecified atom stereocenters. The normalized spacial score (nSPS) is 15.3. The zero-order chi connectivity index (χ0) is 14.0. The number of aromatic nitrogens is 1. The molecule has 0 atom stereocenters. The first-order chi connectivity index (χ1) is 8.87. The maximum Gasteiger partial charge on any atom is 0.253 e. The van der Waals surface area contributed by atoms with Crippen LogP contribution in [0.15, 0.2) is 16.9 Å². The van der Waals surface area contributed by atoms with Gasteiger partial charge < -0.3 is 4.90 Å². The van der Waals surface area contributed by atoms with Gasteiger partial charge in [-0.25, -0.2) is 0 Å². The second-order valence-electron chi connectivity index (χ2n) is 6.19. The van der Waals surface area contributed by atoms with Crippen LogP contribution in [-0.4, -0.2) is 25.7 Å². The second kappa shape index (κ2) is 5.26. The highest BCUT2D eigenvalue weighted by Crippen LogP contribution is 2.19. The quantitative estimate of drug-likeness (QED) is 0.579. The molecule has 2 heterocycles. The molecule has 19 heavy (non-hydrogen) atoms. The molecular weight excluding hydrogens is 252 g/mol. The Morgan fingerprint density at radius 2 is 1.79 bits per heavy atom. The maximum absolute atomic E-state index is 12.0. The summed E-state index contributed by atoms with van der Waals surface area (Å²) in [6.45, 7) is 8.71. The van der Waals surface area contributed by atoms with E-state index in [4.69, 9.17) is 0 Å². The molecule has 2 rings (SSSR count). The molecule has 0 radical (unpaired) electrons. The summed E-state index contributed by atoms with van der Waals surface area (Å²) >= 11 is 0. The van der Waals surface area contributed by atoms with Crippen molar-refractivity contribution in [3.63, 3.8) is 0 Å². The standard InChI is InChI=1S/C15H22N2OSi/c1-16-14(17-8-5-6-9-17)11-13(12-15(16)18)7-10-19(2,3)4/h11-12H,5-6,8-9H2,1-4H3. The molecule has 3 nitrogen and oxygen atoms in total. The first kappa shape index (κ1) is 13.9. The van der Waals surface area contributed by atoms with Crippen LogP contribution in [0.1, 0.15) is 18.4 Å². The smallest absolute Gasteiger partial charge is 0.253 e. The third-order valence-electron chi connectivity index (χ3n) is 3.25. The Morgan fingerprint density at radius 3 is 2.37 bits per heavy atom. The molecule has 1 aromatic rings. The molecule has 0 N–H and O–H groups in total. The van der Waals surface area contributed by atoms with Gasteiger partial charge in [-0.05, 0) is 18.9 Å². The Bertz CT molecular complexity index is 581. The Balaban J connectivity index is 2.41. The lowest BCUT2D eigenvalue weighted by Crippen LogP contribution is -2.27. The van der Waals surface area contributed by atoms with Crippen molar-refractivity contribution < 1.29 is 0 Å². The highest BCUT2D eigenvalue weighted by Gasteiger charge is 2.16. The summed E-state index contributed by atoms with van der Waals surface area (Å²) in [4.78, 5) is 14.3. The van der Waals surface area contributed by atoms with Crippen molar-refractivity contribution in [3.8, 4) is 11.5 Å². The molecule has 4 heteroatoms. The topological polar surface area (TPSA) is 25.2 Å². The number of hydrogen-bond acceptors (Lipinski definition) is 2. The van der Waals surface area contributed by atoms with Gasteiger partial charge in [0.1, 0.15) is 13.9 Å². The summed E-state index contributed by atoms with van der Waals surface area (Å²) < 4.78 is 1.73. The van der Waals surface area contributed by atoms with Crippen LogP contribution in [0.3, 0.4) is 0 Å². The van der Waals surface area contributed by atoms with Gasteiger partial charge in [-0.1, -0.05) is 25.6 Å². The summed E-state index contributed by atoms with van der Waals surface area (Å²) in [6.07, 6.45) is 2.41. The summed E-state index contributed by atoms with van der Waals surface area (Å²) in [6, 6.07) is 3.70. The number of anilines is 1. The van der Waals surface area contributed by atoms with E-state index in [2.05, 4.69) is 42.1 Å². The van der Waals surface area contributed by atoms with Gasteiger partial charge in [0.2, 0.25) is 0 Å². The highest BCUT2D eigenvalue weighted by atomic mass is 28.3. The molecule has 1 aliphatic rings. The van der Waals surface area contributed by atoms with Gasteiger partial charge in [0.15, 0.2) is 0 Å². The van der Waals surface area contributed by atoms with E-state index >= 15 is 0 Å². The van der Waals surface area contributed by atoms with E-state index < -0.39 is 8.07 Å². The van der Waals surface area contributed by atoms with E-state index in [-0.39, 0.29) is 5.56 Å². The number of rotatable bonds is 1. The van der Waals surface area contributed by atoms with Crippen LogP contribution < -0.4 is 10.5 Å². The minimum absolute atomic E-state index is 0.0317. The van der Waals surface area contributed by atoms with Crippen LogP contribution in [0.25, 0.3) is 0 Å². The van der Waals surface area contributed by atoms with Crippen molar-refractivity contribution in [1.29, 1.82) is 0 Å². The lowest BCUT2D eigenvalue weighted by atomic mass is 10.2. The van der Waals surface area contributed by atoms with Crippen molar-refractivity contribution in [2.45, 2.75) is 32.5 Å². The van der Waals surface area contributed by atoms with E-state index in [0.717, 1.165) is 24.5 Å². The minimum atomic E-state index is -1.40. The number of nitrogens with zero attached hydrogens (tertiary/aromatic N) is 2. The van der Waals surface area contributed by atoms with E-state index in [1.165, 1.54) is 12.8 Å². The molecular formula is C15H22N2OSi. The number of pyridine rings is 1. The first-order valence-corrected chi connectivity index (χ1v) is 10.4. The van der Waals surface area contributed by atoms with Crippen molar-refractivity contribution in [2.24, 2.45) is 7.05 Å². The van der Waals surface area contributed by atoms with Gasteiger partial charge in [-0.15, -0.1) is 5.54 Å². The van der Waals surface area contributed by atoms with Crippen LogP contribution in [0.5, 0.6) is 0 Å². The lowest BCUT2D eigenvalue weighted by Gasteiger charge is -2.20. The third kappa shape index (κ3) is 3.51. The van der Waals surface area contributed by atoms with E-state index in [1.807, 2.05) is 7.05 Å². The zero-order valence-electron chi connectivity index (χ0n) is 12.3. The lowest BCUT2D eigenvalue weighted by molar-refractivity contribution is 0.799. The number of hydrogen-bond donors (Lipinski definition) is 0. The molecule has 1 aromatic heterocycles. The van der Waals surface area contributed by atoms with E-state index in [1.54, 1.807) is 10.6 Å². The highest BCUT2D eigenvalue weighted by molar-refractivity contribution is 6.83. The Labute approximate surface area is 116 Å². The van der Waals surface area contributed by atoms with Crippen LogP contribution in [0, 0.1) is 11.5 Å². The Kier molecular flexibility index (Phi) is 3.86. The fourth-order valence-corrected chi connectivity index (χ4v) is 2.72. The van der Waals surface area contributed by atoms with Crippen LogP contribution >= 0.6 is 0 Å². The molecule has 0 spiro atoms. The summed E-state index contributed by atoms with van der Waals surface area (Å²) in [5, 5.41) is 0. The van der Waals surface area contributed by atoms with E-state index in [0.29, 0.717) is 0 Å². The third-order valence-corrected chi connectivity index (χ3v) is 4.12. The van der Waals surface area contributed by atoms with Gasteiger partial charge >= 0.3 is 0 Å². The first-order valence-electron chi connectivity index (χ1n) is 6.86. The van der Waals surface area contributed by atoms with Gasteiger partial charge in [0.05, 0.1) is 0 Å². The van der Waals surface area contributed by atoms with Crippen molar-refractivity contribution in [1.82, 2.24) is 4.57 Å². The van der Waals surface area contributed by atoms with Gasteiger partial charge in [-0.3, -0.25) is 9.36 Å². The minimum Gasteiger partial charge on any atom is -0.358 e. The molecule has 102 valence electrons. The van der Waals surface area contributed by atoms with Gasteiger partial charge in [-0.2, -0.15) is 0 Å². The Morgan fingerprint density at radius 1 is 1.16 bits per heavy atom. The summed E-state index contributed by atoms with van der Waals surface area (Å²) in [5.74, 6) is 4.19. The average Bonchev–Trinajstić information content (AvgIpc) is 2.83. The molecule has 0 aliphatic carbocycles. The van der Waals surface area contributed by atoms with Crippen LogP contribution in [0.4, 0.5) is 5.82 Å². The molecule has 0 saturated carbocycles. The predicted octanol–water partition coefficient (Wildman–Crippen LogP) is 2.21. The predicted molar refractivity (Wildman–Crippen MR) is 83.4 cm³/mol. The zero-order valence-corrected chi connectivity index (χ0v) is 13.3. The monoisotopic (exact) mass is 274 g/mol. The summed E-state index contributed by atoms with van der Waals surface area (Å²) in [7, 11) is 0.436.